The van der Waals surface area contributed by atoms with Crippen LogP contribution < -0.4 is 9.47 Å². The first-order valence-corrected chi connectivity index (χ1v) is 7.99. The van der Waals surface area contributed by atoms with Gasteiger partial charge in [0.05, 0.1) is 20.3 Å². The molecule has 0 aromatic heterocycles. The topological polar surface area (TPSA) is 41.9 Å². The van der Waals surface area contributed by atoms with E-state index in [4.69, 9.17) is 9.47 Å². The SMILES string of the molecule is COc1cccc([C@@H]2C[C@@H](O)CN2Cc2ccc(OC)c(F)c2)c1. The van der Waals surface area contributed by atoms with Gasteiger partial charge in [0.25, 0.3) is 0 Å². The summed E-state index contributed by atoms with van der Waals surface area (Å²) < 4.78 is 24.2. The van der Waals surface area contributed by atoms with Crippen molar-refractivity contribution < 1.29 is 19.0 Å². The van der Waals surface area contributed by atoms with E-state index in [0.717, 1.165) is 16.9 Å². The Morgan fingerprint density at radius 2 is 2.00 bits per heavy atom. The minimum atomic E-state index is -0.385. The van der Waals surface area contributed by atoms with Gasteiger partial charge < -0.3 is 14.6 Å². The summed E-state index contributed by atoms with van der Waals surface area (Å²) in [5, 5.41) is 10.1. The highest BCUT2D eigenvalue weighted by Crippen LogP contribution is 2.35. The molecule has 1 fully saturated rings. The van der Waals surface area contributed by atoms with E-state index >= 15 is 0 Å². The molecule has 0 amide bonds. The van der Waals surface area contributed by atoms with Gasteiger partial charge in [0.2, 0.25) is 0 Å². The van der Waals surface area contributed by atoms with E-state index in [0.29, 0.717) is 19.5 Å². The first-order chi connectivity index (χ1) is 11.6. The molecule has 128 valence electrons. The fourth-order valence-electron chi connectivity index (χ4n) is 3.29. The van der Waals surface area contributed by atoms with Gasteiger partial charge in [-0.1, -0.05) is 18.2 Å². The van der Waals surface area contributed by atoms with Crippen LogP contribution in [0.25, 0.3) is 0 Å². The van der Waals surface area contributed by atoms with E-state index in [2.05, 4.69) is 4.90 Å². The Morgan fingerprint density at radius 3 is 2.71 bits per heavy atom. The molecule has 0 aliphatic carbocycles. The third-order valence-electron chi connectivity index (χ3n) is 4.46. The third-order valence-corrected chi connectivity index (χ3v) is 4.46. The summed E-state index contributed by atoms with van der Waals surface area (Å²) in [6.07, 6.45) is 0.274. The Labute approximate surface area is 141 Å². The zero-order chi connectivity index (χ0) is 17.1. The molecule has 2 aromatic rings. The van der Waals surface area contributed by atoms with Crippen LogP contribution in [-0.2, 0) is 6.54 Å². The maximum absolute atomic E-state index is 13.9. The number of hydrogen-bond donors (Lipinski definition) is 1. The normalized spacial score (nSPS) is 21.0. The molecule has 1 aliphatic rings. The van der Waals surface area contributed by atoms with Gasteiger partial charge in [-0.2, -0.15) is 0 Å². The first kappa shape index (κ1) is 16.7. The number of nitrogens with zero attached hydrogens (tertiary/aromatic N) is 1. The molecular formula is C19H22FNO3. The number of likely N-dealkylation sites (tertiary alicyclic amines) is 1. The number of aliphatic hydroxyl groups is 1. The van der Waals surface area contributed by atoms with Crippen molar-refractivity contribution in [2.45, 2.75) is 25.1 Å². The van der Waals surface area contributed by atoms with Crippen molar-refractivity contribution in [3.63, 3.8) is 0 Å². The molecule has 3 rings (SSSR count). The summed E-state index contributed by atoms with van der Waals surface area (Å²) in [6, 6.07) is 12.9. The molecule has 0 radical (unpaired) electrons. The molecule has 0 spiro atoms. The predicted molar refractivity (Wildman–Crippen MR) is 89.7 cm³/mol. The van der Waals surface area contributed by atoms with Crippen molar-refractivity contribution in [2.24, 2.45) is 0 Å². The lowest BCUT2D eigenvalue weighted by Gasteiger charge is -2.25. The van der Waals surface area contributed by atoms with Gasteiger partial charge in [-0.15, -0.1) is 0 Å². The average Bonchev–Trinajstić information content (AvgIpc) is 2.95. The molecule has 5 heteroatoms. The van der Waals surface area contributed by atoms with E-state index in [-0.39, 0.29) is 23.7 Å². The highest BCUT2D eigenvalue weighted by molar-refractivity contribution is 5.32. The summed E-state index contributed by atoms with van der Waals surface area (Å²) in [5.41, 5.74) is 1.95. The second kappa shape index (κ2) is 7.20. The number of benzene rings is 2. The van der Waals surface area contributed by atoms with Crippen molar-refractivity contribution in [1.29, 1.82) is 0 Å². The molecule has 0 unspecified atom stereocenters. The van der Waals surface area contributed by atoms with Gasteiger partial charge in [-0.05, 0) is 41.8 Å². The Bertz CT molecular complexity index is 707. The number of rotatable bonds is 5. The fraction of sp³-hybridized carbons (Fsp3) is 0.368. The van der Waals surface area contributed by atoms with Crippen molar-refractivity contribution in [3.05, 3.63) is 59.4 Å². The zero-order valence-electron chi connectivity index (χ0n) is 13.9. The van der Waals surface area contributed by atoms with Gasteiger partial charge >= 0.3 is 0 Å². The number of aliphatic hydroxyl groups excluding tert-OH is 1. The minimum absolute atomic E-state index is 0.0836. The Balaban J connectivity index is 1.81. The fourth-order valence-corrected chi connectivity index (χ4v) is 3.29. The highest BCUT2D eigenvalue weighted by atomic mass is 19.1. The quantitative estimate of drug-likeness (QED) is 0.914. The van der Waals surface area contributed by atoms with E-state index < -0.39 is 0 Å². The lowest BCUT2D eigenvalue weighted by molar-refractivity contribution is 0.172. The standard InChI is InChI=1S/C19H22FNO3/c1-23-16-5-3-4-14(9-16)18-10-15(22)12-21(18)11-13-6-7-19(24-2)17(20)8-13/h3-9,15,18,22H,10-12H2,1-2H3/t15-,18+/m1/s1. The molecule has 2 atom stereocenters. The first-order valence-electron chi connectivity index (χ1n) is 7.99. The van der Waals surface area contributed by atoms with Crippen LogP contribution in [0, 0.1) is 5.82 Å². The Morgan fingerprint density at radius 1 is 1.17 bits per heavy atom. The van der Waals surface area contributed by atoms with Gasteiger partial charge in [0, 0.05) is 19.1 Å². The summed E-state index contributed by atoms with van der Waals surface area (Å²) >= 11 is 0. The zero-order valence-corrected chi connectivity index (χ0v) is 13.9. The van der Waals surface area contributed by atoms with Crippen LogP contribution in [0.2, 0.25) is 0 Å². The maximum Gasteiger partial charge on any atom is 0.165 e. The van der Waals surface area contributed by atoms with Gasteiger partial charge in [0.1, 0.15) is 5.75 Å². The van der Waals surface area contributed by atoms with Crippen LogP contribution in [0.1, 0.15) is 23.6 Å². The molecule has 0 saturated carbocycles. The molecule has 1 N–H and O–H groups in total. The van der Waals surface area contributed by atoms with Gasteiger partial charge in [-0.3, -0.25) is 4.90 Å². The van der Waals surface area contributed by atoms with E-state index in [1.165, 1.54) is 13.2 Å². The minimum Gasteiger partial charge on any atom is -0.497 e. The average molecular weight is 331 g/mol. The summed E-state index contributed by atoms with van der Waals surface area (Å²) in [7, 11) is 3.09. The summed E-state index contributed by atoms with van der Waals surface area (Å²) in [6.45, 7) is 1.13. The molecule has 2 aromatic carbocycles. The van der Waals surface area contributed by atoms with Crippen LogP contribution in [-0.4, -0.2) is 36.9 Å². The Kier molecular flexibility index (Phi) is 5.02. The number of ether oxygens (including phenoxy) is 2. The monoisotopic (exact) mass is 331 g/mol. The maximum atomic E-state index is 13.9. The van der Waals surface area contributed by atoms with Crippen LogP contribution >= 0.6 is 0 Å². The molecule has 24 heavy (non-hydrogen) atoms. The van der Waals surface area contributed by atoms with Crippen LogP contribution in [0.15, 0.2) is 42.5 Å². The second-order valence-corrected chi connectivity index (χ2v) is 6.08. The molecular weight excluding hydrogens is 309 g/mol. The van der Waals surface area contributed by atoms with Crippen LogP contribution in [0.5, 0.6) is 11.5 Å². The van der Waals surface area contributed by atoms with Crippen LogP contribution in [0.4, 0.5) is 4.39 Å². The third kappa shape index (κ3) is 3.52. The largest absolute Gasteiger partial charge is 0.497 e. The highest BCUT2D eigenvalue weighted by Gasteiger charge is 2.32. The summed E-state index contributed by atoms with van der Waals surface area (Å²) in [5.74, 6) is 0.668. The summed E-state index contributed by atoms with van der Waals surface area (Å²) in [4.78, 5) is 2.17. The molecule has 1 heterocycles. The van der Waals surface area contributed by atoms with Gasteiger partial charge in [0.15, 0.2) is 11.6 Å². The van der Waals surface area contributed by atoms with E-state index in [1.807, 2.05) is 30.3 Å². The molecule has 1 aliphatic heterocycles. The van der Waals surface area contributed by atoms with Crippen molar-refractivity contribution in [3.8, 4) is 11.5 Å². The molecule has 4 nitrogen and oxygen atoms in total. The van der Waals surface area contributed by atoms with Crippen molar-refractivity contribution in [1.82, 2.24) is 4.90 Å². The number of halogens is 1. The Hall–Kier alpha value is -2.11. The number of methoxy groups -OCH3 is 2. The number of β-amino-alcohol motifs (C(OH)–C–C–N with tert-alkyl or cyclic N) is 1. The molecule has 0 bridgehead atoms. The lowest BCUT2D eigenvalue weighted by Crippen LogP contribution is -2.24. The van der Waals surface area contributed by atoms with Gasteiger partial charge in [-0.25, -0.2) is 4.39 Å². The second-order valence-electron chi connectivity index (χ2n) is 6.08. The van der Waals surface area contributed by atoms with Crippen LogP contribution in [0.3, 0.4) is 0 Å². The molecule has 1 saturated heterocycles. The van der Waals surface area contributed by atoms with E-state index in [9.17, 15) is 9.50 Å². The lowest BCUT2D eigenvalue weighted by atomic mass is 10.0. The van der Waals surface area contributed by atoms with Crippen molar-refractivity contribution >= 4 is 0 Å². The van der Waals surface area contributed by atoms with E-state index in [1.54, 1.807) is 13.2 Å². The predicted octanol–water partition coefficient (Wildman–Crippen LogP) is 3.15. The smallest absolute Gasteiger partial charge is 0.165 e. The number of hydrogen-bond acceptors (Lipinski definition) is 4. The van der Waals surface area contributed by atoms with Crippen molar-refractivity contribution in [2.75, 3.05) is 20.8 Å².